The Labute approximate surface area is 96.5 Å². The summed E-state index contributed by atoms with van der Waals surface area (Å²) in [5.74, 6) is 0. The molecule has 0 aromatic heterocycles. The molecule has 0 bridgehead atoms. The van der Waals surface area contributed by atoms with Crippen LogP contribution in [0.15, 0.2) is 0 Å². The van der Waals surface area contributed by atoms with Crippen molar-refractivity contribution in [2.24, 2.45) is 5.73 Å². The van der Waals surface area contributed by atoms with E-state index in [1.807, 2.05) is 25.7 Å². The van der Waals surface area contributed by atoms with Gasteiger partial charge in [-0.05, 0) is 27.2 Å². The lowest BCUT2D eigenvalue weighted by atomic mass is 9.93. The topological polar surface area (TPSA) is 68.0 Å². The summed E-state index contributed by atoms with van der Waals surface area (Å²) < 4.78 is 10.8. The Hall–Kier alpha value is -0.200. The Balaban J connectivity index is 2.02. The number of aliphatic hydroxyl groups excluding tert-OH is 1. The summed E-state index contributed by atoms with van der Waals surface area (Å²) in [5, 5.41) is 10.1. The third kappa shape index (κ3) is 2.24. The summed E-state index contributed by atoms with van der Waals surface area (Å²) in [6.07, 6.45) is -0.0187. The van der Waals surface area contributed by atoms with Gasteiger partial charge in [-0.25, -0.2) is 4.90 Å². The van der Waals surface area contributed by atoms with Crippen LogP contribution in [0.3, 0.4) is 0 Å². The van der Waals surface area contributed by atoms with Crippen LogP contribution in [0.5, 0.6) is 0 Å². The molecule has 94 valence electrons. The highest BCUT2D eigenvalue weighted by molar-refractivity contribution is 5.05. The molecular formula is C11H22N2O3. The molecule has 0 aromatic carbocycles. The SMILES string of the molecule is CC(C)(C)OC(O)N1CC(N)CC12COC2. The van der Waals surface area contributed by atoms with Gasteiger partial charge < -0.3 is 20.3 Å². The zero-order valence-electron chi connectivity index (χ0n) is 10.3. The van der Waals surface area contributed by atoms with E-state index in [-0.39, 0.29) is 17.2 Å². The number of hydrogen-bond donors (Lipinski definition) is 2. The molecule has 0 radical (unpaired) electrons. The molecule has 1 spiro atoms. The molecule has 2 aliphatic rings. The minimum atomic E-state index is -0.891. The van der Waals surface area contributed by atoms with E-state index < -0.39 is 6.41 Å². The van der Waals surface area contributed by atoms with Crippen molar-refractivity contribution in [2.75, 3.05) is 19.8 Å². The van der Waals surface area contributed by atoms with Crippen LogP contribution in [0.25, 0.3) is 0 Å². The number of nitrogens with zero attached hydrogens (tertiary/aromatic N) is 1. The van der Waals surface area contributed by atoms with Crippen molar-refractivity contribution in [1.82, 2.24) is 4.90 Å². The van der Waals surface area contributed by atoms with Gasteiger partial charge in [0.25, 0.3) is 0 Å². The molecule has 3 N–H and O–H groups in total. The summed E-state index contributed by atoms with van der Waals surface area (Å²) in [7, 11) is 0. The highest BCUT2D eigenvalue weighted by Gasteiger charge is 2.53. The van der Waals surface area contributed by atoms with Crippen LogP contribution < -0.4 is 5.73 Å². The van der Waals surface area contributed by atoms with E-state index in [1.165, 1.54) is 0 Å². The first-order valence-electron chi connectivity index (χ1n) is 5.78. The molecule has 0 aliphatic carbocycles. The van der Waals surface area contributed by atoms with Gasteiger partial charge >= 0.3 is 0 Å². The Morgan fingerprint density at radius 1 is 1.50 bits per heavy atom. The summed E-state index contributed by atoms with van der Waals surface area (Å²) in [6.45, 7) is 7.74. The molecule has 2 heterocycles. The number of ether oxygens (including phenoxy) is 2. The van der Waals surface area contributed by atoms with Crippen LogP contribution in [0, 0.1) is 0 Å². The second kappa shape index (κ2) is 3.92. The van der Waals surface area contributed by atoms with Gasteiger partial charge in [-0.3, -0.25) is 0 Å². The average Bonchev–Trinajstić information content (AvgIpc) is 2.39. The monoisotopic (exact) mass is 230 g/mol. The fourth-order valence-corrected chi connectivity index (χ4v) is 2.44. The average molecular weight is 230 g/mol. The van der Waals surface area contributed by atoms with Gasteiger partial charge in [0.2, 0.25) is 6.41 Å². The summed E-state index contributed by atoms with van der Waals surface area (Å²) in [5.41, 5.74) is 5.49. The Morgan fingerprint density at radius 2 is 2.12 bits per heavy atom. The zero-order valence-corrected chi connectivity index (χ0v) is 10.3. The third-order valence-corrected chi connectivity index (χ3v) is 3.15. The van der Waals surface area contributed by atoms with E-state index in [9.17, 15) is 5.11 Å². The number of nitrogens with two attached hydrogens (primary N) is 1. The second-order valence-corrected chi connectivity index (χ2v) is 5.89. The minimum absolute atomic E-state index is 0.0932. The molecule has 16 heavy (non-hydrogen) atoms. The molecule has 2 unspecified atom stereocenters. The summed E-state index contributed by atoms with van der Waals surface area (Å²) in [4.78, 5) is 1.94. The molecule has 2 aliphatic heterocycles. The number of aliphatic hydroxyl groups is 1. The first-order valence-corrected chi connectivity index (χ1v) is 5.78. The predicted molar refractivity (Wildman–Crippen MR) is 59.7 cm³/mol. The lowest BCUT2D eigenvalue weighted by molar-refractivity contribution is -0.282. The maximum atomic E-state index is 10.1. The Kier molecular flexibility index (Phi) is 3.01. The van der Waals surface area contributed by atoms with Crippen LogP contribution in [0.1, 0.15) is 27.2 Å². The second-order valence-electron chi connectivity index (χ2n) is 5.89. The lowest BCUT2D eigenvalue weighted by Gasteiger charge is -2.47. The van der Waals surface area contributed by atoms with Crippen molar-refractivity contribution >= 4 is 0 Å². The third-order valence-electron chi connectivity index (χ3n) is 3.15. The maximum Gasteiger partial charge on any atom is 0.217 e. The highest BCUT2D eigenvalue weighted by Crippen LogP contribution is 2.37. The predicted octanol–water partition coefficient (Wildman–Crippen LogP) is -0.121. The van der Waals surface area contributed by atoms with Gasteiger partial charge in [0.15, 0.2) is 0 Å². The number of rotatable bonds is 2. The van der Waals surface area contributed by atoms with E-state index in [4.69, 9.17) is 15.2 Å². The van der Waals surface area contributed by atoms with Crippen molar-refractivity contribution in [3.63, 3.8) is 0 Å². The van der Waals surface area contributed by atoms with E-state index in [0.29, 0.717) is 19.8 Å². The fraction of sp³-hybridized carbons (Fsp3) is 1.00. The van der Waals surface area contributed by atoms with Gasteiger partial charge in [0, 0.05) is 12.6 Å². The van der Waals surface area contributed by atoms with Crippen molar-refractivity contribution in [3.05, 3.63) is 0 Å². The summed E-state index contributed by atoms with van der Waals surface area (Å²) >= 11 is 0. The fourth-order valence-electron chi connectivity index (χ4n) is 2.44. The first-order chi connectivity index (χ1) is 7.32. The molecular weight excluding hydrogens is 208 g/mol. The molecule has 5 nitrogen and oxygen atoms in total. The molecule has 2 rings (SSSR count). The van der Waals surface area contributed by atoms with Crippen molar-refractivity contribution in [1.29, 1.82) is 0 Å². The van der Waals surface area contributed by atoms with Gasteiger partial charge in [-0.1, -0.05) is 0 Å². The van der Waals surface area contributed by atoms with Crippen LogP contribution >= 0.6 is 0 Å². The molecule has 5 heteroatoms. The van der Waals surface area contributed by atoms with Gasteiger partial charge in [0.05, 0.1) is 24.4 Å². The lowest BCUT2D eigenvalue weighted by Crippen LogP contribution is -2.62. The van der Waals surface area contributed by atoms with Crippen molar-refractivity contribution in [3.8, 4) is 0 Å². The van der Waals surface area contributed by atoms with E-state index >= 15 is 0 Å². The van der Waals surface area contributed by atoms with Crippen molar-refractivity contribution in [2.45, 2.75) is 50.8 Å². The molecule has 2 fully saturated rings. The van der Waals surface area contributed by atoms with E-state index in [0.717, 1.165) is 6.42 Å². The smallest absolute Gasteiger partial charge is 0.217 e. The molecule has 2 atom stereocenters. The van der Waals surface area contributed by atoms with Crippen LogP contribution in [-0.4, -0.2) is 53.4 Å². The minimum Gasteiger partial charge on any atom is -0.377 e. The highest BCUT2D eigenvalue weighted by atomic mass is 16.6. The molecule has 2 saturated heterocycles. The standard InChI is InChI=1S/C11H22N2O3/c1-10(2,3)16-9(14)13-5-8(12)4-11(13)6-15-7-11/h8-9,14H,4-7,12H2,1-3H3. The normalized spacial score (nSPS) is 31.7. The van der Waals surface area contributed by atoms with E-state index in [1.54, 1.807) is 0 Å². The number of likely N-dealkylation sites (tertiary alicyclic amines) is 1. The number of hydrogen-bond acceptors (Lipinski definition) is 5. The Bertz CT molecular complexity index is 260. The van der Waals surface area contributed by atoms with Crippen molar-refractivity contribution < 1.29 is 14.6 Å². The van der Waals surface area contributed by atoms with Crippen LogP contribution in [-0.2, 0) is 9.47 Å². The molecule has 0 aromatic rings. The van der Waals surface area contributed by atoms with Crippen LogP contribution in [0.4, 0.5) is 0 Å². The summed E-state index contributed by atoms with van der Waals surface area (Å²) in [6, 6.07) is 0.0992. The maximum absolute atomic E-state index is 10.1. The first kappa shape index (κ1) is 12.3. The van der Waals surface area contributed by atoms with E-state index in [2.05, 4.69) is 0 Å². The zero-order chi connectivity index (χ0) is 12.0. The van der Waals surface area contributed by atoms with Gasteiger partial charge in [0.1, 0.15) is 0 Å². The molecule has 0 saturated carbocycles. The molecule has 0 amide bonds. The quantitative estimate of drug-likeness (QED) is 0.647. The van der Waals surface area contributed by atoms with Crippen LogP contribution in [0.2, 0.25) is 0 Å². The van der Waals surface area contributed by atoms with Gasteiger partial charge in [-0.15, -0.1) is 0 Å². The Morgan fingerprint density at radius 3 is 2.56 bits per heavy atom. The van der Waals surface area contributed by atoms with Gasteiger partial charge in [-0.2, -0.15) is 0 Å². The largest absolute Gasteiger partial charge is 0.377 e.